The quantitative estimate of drug-likeness (QED) is 0.373. The molecular formula is C23H17N3O5. The molecule has 3 amide bonds. The highest BCUT2D eigenvalue weighted by Crippen LogP contribution is 2.29. The fourth-order valence-corrected chi connectivity index (χ4v) is 3.48. The van der Waals surface area contributed by atoms with E-state index >= 15 is 0 Å². The van der Waals surface area contributed by atoms with E-state index in [-0.39, 0.29) is 35.7 Å². The van der Waals surface area contributed by atoms with Gasteiger partial charge in [0.15, 0.2) is 0 Å². The van der Waals surface area contributed by atoms with Gasteiger partial charge in [-0.1, -0.05) is 48.5 Å². The van der Waals surface area contributed by atoms with Crippen LogP contribution in [0.1, 0.15) is 27.1 Å². The Labute approximate surface area is 177 Å². The summed E-state index contributed by atoms with van der Waals surface area (Å²) in [6.45, 7) is -0.126. The number of imide groups is 1. The number of nitrogens with one attached hydrogen (secondary N) is 1. The van der Waals surface area contributed by atoms with Crippen molar-refractivity contribution in [3.63, 3.8) is 0 Å². The van der Waals surface area contributed by atoms with Crippen LogP contribution in [0.5, 0.6) is 0 Å². The lowest BCUT2D eigenvalue weighted by atomic mass is 10.0. The van der Waals surface area contributed by atoms with E-state index in [9.17, 15) is 24.5 Å². The van der Waals surface area contributed by atoms with Gasteiger partial charge in [-0.3, -0.25) is 29.4 Å². The number of fused-ring (bicyclic) bond motifs is 1. The average molecular weight is 415 g/mol. The second-order valence-corrected chi connectivity index (χ2v) is 6.96. The van der Waals surface area contributed by atoms with Gasteiger partial charge >= 0.3 is 0 Å². The molecular weight excluding hydrogens is 398 g/mol. The molecule has 4 rings (SSSR count). The monoisotopic (exact) mass is 415 g/mol. The van der Waals surface area contributed by atoms with Crippen LogP contribution in [0.3, 0.4) is 0 Å². The Bertz CT molecular complexity index is 1210. The predicted octanol–water partition coefficient (Wildman–Crippen LogP) is 3.89. The number of carbonyl (C=O) groups is 3. The second-order valence-electron chi connectivity index (χ2n) is 6.96. The number of non-ortho nitro benzene ring substituents is 1. The highest BCUT2D eigenvalue weighted by Gasteiger charge is 2.36. The molecule has 8 nitrogen and oxygen atoms in total. The Morgan fingerprint density at radius 1 is 0.871 bits per heavy atom. The third kappa shape index (κ3) is 3.91. The molecule has 0 saturated carbocycles. The van der Waals surface area contributed by atoms with Crippen molar-refractivity contribution >= 4 is 29.1 Å². The number of hydrogen-bond acceptors (Lipinski definition) is 5. The largest absolute Gasteiger partial charge is 0.325 e. The minimum atomic E-state index is -0.638. The third-order valence-corrected chi connectivity index (χ3v) is 5.01. The lowest BCUT2D eigenvalue weighted by Crippen LogP contribution is -2.32. The molecule has 0 fully saturated rings. The van der Waals surface area contributed by atoms with Crippen molar-refractivity contribution in [3.05, 3.63) is 94.0 Å². The molecule has 0 unspecified atom stereocenters. The van der Waals surface area contributed by atoms with Crippen LogP contribution in [-0.4, -0.2) is 34.1 Å². The van der Waals surface area contributed by atoms with Crippen molar-refractivity contribution in [1.29, 1.82) is 0 Å². The van der Waals surface area contributed by atoms with Gasteiger partial charge in [0.2, 0.25) is 5.91 Å². The van der Waals surface area contributed by atoms with Crippen molar-refractivity contribution < 1.29 is 19.3 Å². The van der Waals surface area contributed by atoms with Crippen LogP contribution in [0, 0.1) is 10.1 Å². The van der Waals surface area contributed by atoms with E-state index in [1.165, 1.54) is 12.1 Å². The van der Waals surface area contributed by atoms with Crippen LogP contribution in [0.25, 0.3) is 11.1 Å². The Morgan fingerprint density at radius 3 is 2.29 bits per heavy atom. The van der Waals surface area contributed by atoms with Crippen LogP contribution >= 0.6 is 0 Å². The maximum Gasteiger partial charge on any atom is 0.270 e. The molecule has 0 saturated heterocycles. The number of nitro benzene ring substituents is 1. The van der Waals surface area contributed by atoms with Gasteiger partial charge in [-0.05, 0) is 17.7 Å². The van der Waals surface area contributed by atoms with Crippen LogP contribution in [0.4, 0.5) is 11.4 Å². The molecule has 3 aromatic rings. The smallest absolute Gasteiger partial charge is 0.270 e. The van der Waals surface area contributed by atoms with E-state index in [2.05, 4.69) is 5.32 Å². The summed E-state index contributed by atoms with van der Waals surface area (Å²) in [5.74, 6) is -1.56. The van der Waals surface area contributed by atoms with Crippen molar-refractivity contribution in [2.75, 3.05) is 11.9 Å². The zero-order valence-electron chi connectivity index (χ0n) is 16.3. The third-order valence-electron chi connectivity index (χ3n) is 5.01. The van der Waals surface area contributed by atoms with Crippen LogP contribution < -0.4 is 5.32 Å². The molecule has 154 valence electrons. The van der Waals surface area contributed by atoms with Crippen molar-refractivity contribution in [2.45, 2.75) is 6.42 Å². The number of amides is 3. The first-order chi connectivity index (χ1) is 15.0. The Balaban J connectivity index is 1.45. The van der Waals surface area contributed by atoms with Gasteiger partial charge in [0.25, 0.3) is 17.5 Å². The Hall–Kier alpha value is -4.33. The lowest BCUT2D eigenvalue weighted by molar-refractivity contribution is -0.384. The van der Waals surface area contributed by atoms with E-state index < -0.39 is 16.7 Å². The molecule has 3 aromatic carbocycles. The number of anilines is 1. The van der Waals surface area contributed by atoms with E-state index in [0.717, 1.165) is 22.1 Å². The fraction of sp³-hybridized carbons (Fsp3) is 0.0870. The SMILES string of the molecule is O=C(CCN1C(=O)c2ccc([N+](=O)[O-])cc2C1=O)Nc1ccccc1-c1ccccc1. The Morgan fingerprint density at radius 2 is 1.55 bits per heavy atom. The predicted molar refractivity (Wildman–Crippen MR) is 114 cm³/mol. The molecule has 0 aromatic heterocycles. The van der Waals surface area contributed by atoms with Gasteiger partial charge in [0.1, 0.15) is 0 Å². The first kappa shape index (κ1) is 20.0. The number of benzene rings is 3. The van der Waals surface area contributed by atoms with Gasteiger partial charge < -0.3 is 5.32 Å². The topological polar surface area (TPSA) is 110 Å². The number of para-hydroxylation sites is 1. The zero-order valence-corrected chi connectivity index (χ0v) is 16.3. The first-order valence-corrected chi connectivity index (χ1v) is 9.54. The summed E-state index contributed by atoms with van der Waals surface area (Å²) in [6.07, 6.45) is -0.101. The summed E-state index contributed by atoms with van der Waals surface area (Å²) < 4.78 is 0. The summed E-state index contributed by atoms with van der Waals surface area (Å²) >= 11 is 0. The number of hydrogen-bond donors (Lipinski definition) is 1. The standard InChI is InChI=1S/C23H17N3O5/c27-21(24-20-9-5-4-8-17(20)15-6-2-1-3-7-15)12-13-25-22(28)18-11-10-16(26(30)31)14-19(18)23(25)29/h1-11,14H,12-13H2,(H,24,27). The molecule has 31 heavy (non-hydrogen) atoms. The summed E-state index contributed by atoms with van der Waals surface area (Å²) in [5, 5.41) is 13.8. The average Bonchev–Trinajstić information content (AvgIpc) is 3.02. The molecule has 0 aliphatic carbocycles. The number of rotatable bonds is 6. The van der Waals surface area contributed by atoms with Crippen molar-refractivity contribution in [2.24, 2.45) is 0 Å². The van der Waals surface area contributed by atoms with Gasteiger partial charge in [0, 0.05) is 36.3 Å². The van der Waals surface area contributed by atoms with E-state index in [1.807, 2.05) is 42.5 Å². The normalized spacial score (nSPS) is 12.6. The maximum absolute atomic E-state index is 12.5. The molecule has 1 aliphatic rings. The molecule has 1 N–H and O–H groups in total. The highest BCUT2D eigenvalue weighted by atomic mass is 16.6. The first-order valence-electron chi connectivity index (χ1n) is 9.54. The minimum Gasteiger partial charge on any atom is -0.325 e. The molecule has 8 heteroatoms. The van der Waals surface area contributed by atoms with Gasteiger partial charge in [0.05, 0.1) is 16.1 Å². The van der Waals surface area contributed by atoms with Crippen molar-refractivity contribution in [1.82, 2.24) is 4.90 Å². The molecule has 0 spiro atoms. The summed E-state index contributed by atoms with van der Waals surface area (Å²) in [4.78, 5) is 48.8. The van der Waals surface area contributed by atoms with Gasteiger partial charge in [-0.25, -0.2) is 0 Å². The van der Waals surface area contributed by atoms with Crippen molar-refractivity contribution in [3.8, 4) is 11.1 Å². The summed E-state index contributed by atoms with van der Waals surface area (Å²) in [7, 11) is 0. The molecule has 0 atom stereocenters. The van der Waals surface area contributed by atoms with E-state index in [0.29, 0.717) is 5.69 Å². The molecule has 0 radical (unpaired) electrons. The van der Waals surface area contributed by atoms with E-state index in [1.54, 1.807) is 12.1 Å². The maximum atomic E-state index is 12.5. The second kappa shape index (κ2) is 8.19. The zero-order chi connectivity index (χ0) is 22.0. The number of carbonyl (C=O) groups excluding carboxylic acids is 3. The van der Waals surface area contributed by atoms with Crippen LogP contribution in [0.2, 0.25) is 0 Å². The highest BCUT2D eigenvalue weighted by molar-refractivity contribution is 6.21. The molecule has 1 aliphatic heterocycles. The van der Waals surface area contributed by atoms with Gasteiger partial charge in [-0.2, -0.15) is 0 Å². The van der Waals surface area contributed by atoms with Crippen LogP contribution in [0.15, 0.2) is 72.8 Å². The van der Waals surface area contributed by atoms with Gasteiger partial charge in [-0.15, -0.1) is 0 Å². The molecule has 0 bridgehead atoms. The Kier molecular flexibility index (Phi) is 5.28. The van der Waals surface area contributed by atoms with Crippen LogP contribution in [-0.2, 0) is 4.79 Å². The summed E-state index contributed by atoms with van der Waals surface area (Å²) in [5.41, 5.74) is 2.23. The number of nitrogens with zero attached hydrogens (tertiary/aromatic N) is 2. The fourth-order valence-electron chi connectivity index (χ4n) is 3.48. The lowest BCUT2D eigenvalue weighted by Gasteiger charge is -2.15. The van der Waals surface area contributed by atoms with E-state index in [4.69, 9.17) is 0 Å². The molecule has 1 heterocycles. The summed E-state index contributed by atoms with van der Waals surface area (Å²) in [6, 6.07) is 20.5. The number of nitro groups is 1. The minimum absolute atomic E-state index is 0.0194.